The van der Waals surface area contributed by atoms with Crippen molar-refractivity contribution in [2.24, 2.45) is 5.92 Å². The molecule has 1 aromatic rings. The van der Waals surface area contributed by atoms with Crippen LogP contribution in [0.4, 0.5) is 11.4 Å². The third-order valence-corrected chi connectivity index (χ3v) is 4.36. The lowest BCUT2D eigenvalue weighted by atomic mass is 9.86. The Labute approximate surface area is 120 Å². The van der Waals surface area contributed by atoms with Crippen molar-refractivity contribution in [2.45, 2.75) is 38.6 Å². The van der Waals surface area contributed by atoms with E-state index in [0.717, 1.165) is 24.4 Å². The molecule has 0 amide bonds. The molecule has 1 aliphatic carbocycles. The molecular weight excluding hydrogens is 252 g/mol. The number of methoxy groups -OCH3 is 1. The first kappa shape index (κ1) is 14.7. The molecule has 1 aliphatic rings. The first-order valence-corrected chi connectivity index (χ1v) is 7.24. The first-order valence-electron chi connectivity index (χ1n) is 7.24. The Bertz CT molecular complexity index is 479. The van der Waals surface area contributed by atoms with Gasteiger partial charge in [-0.1, -0.05) is 13.0 Å². The number of nitrogen functional groups attached to an aromatic ring is 1. The molecule has 0 aliphatic heterocycles. The third-order valence-electron chi connectivity index (χ3n) is 4.36. The van der Waals surface area contributed by atoms with Gasteiger partial charge in [-0.2, -0.15) is 0 Å². The molecule has 20 heavy (non-hydrogen) atoms. The van der Waals surface area contributed by atoms with Gasteiger partial charge in [0.2, 0.25) is 0 Å². The van der Waals surface area contributed by atoms with Gasteiger partial charge in [0.1, 0.15) is 0 Å². The SMILES string of the molecule is COC(=O)c1cccc(N)c1N(C)C1CCC(C)CC1. The zero-order valence-electron chi connectivity index (χ0n) is 12.6. The predicted molar refractivity (Wildman–Crippen MR) is 82.0 cm³/mol. The van der Waals surface area contributed by atoms with Crippen LogP contribution in [0, 0.1) is 5.92 Å². The van der Waals surface area contributed by atoms with Crippen LogP contribution in [0.2, 0.25) is 0 Å². The number of nitrogens with two attached hydrogens (primary N) is 1. The molecule has 1 aromatic carbocycles. The van der Waals surface area contributed by atoms with Crippen LogP contribution in [0.5, 0.6) is 0 Å². The number of carbonyl (C=O) groups is 1. The van der Waals surface area contributed by atoms with E-state index in [4.69, 9.17) is 10.5 Å². The van der Waals surface area contributed by atoms with Gasteiger partial charge in [0.15, 0.2) is 0 Å². The summed E-state index contributed by atoms with van der Waals surface area (Å²) in [4.78, 5) is 14.1. The van der Waals surface area contributed by atoms with Gasteiger partial charge in [0.05, 0.1) is 24.0 Å². The lowest BCUT2D eigenvalue weighted by molar-refractivity contribution is 0.0601. The maximum Gasteiger partial charge on any atom is 0.340 e. The van der Waals surface area contributed by atoms with Crippen LogP contribution < -0.4 is 10.6 Å². The molecule has 2 N–H and O–H groups in total. The highest BCUT2D eigenvalue weighted by Gasteiger charge is 2.26. The molecule has 0 heterocycles. The molecule has 0 aromatic heterocycles. The molecule has 4 heteroatoms. The van der Waals surface area contributed by atoms with Crippen LogP contribution in [-0.2, 0) is 4.74 Å². The topological polar surface area (TPSA) is 55.6 Å². The van der Waals surface area contributed by atoms with Crippen LogP contribution >= 0.6 is 0 Å². The molecule has 4 nitrogen and oxygen atoms in total. The molecule has 110 valence electrons. The Kier molecular flexibility index (Phi) is 4.53. The van der Waals surface area contributed by atoms with E-state index in [0.29, 0.717) is 17.3 Å². The molecule has 2 rings (SSSR count). The van der Waals surface area contributed by atoms with Gasteiger partial charge in [-0.05, 0) is 43.7 Å². The Morgan fingerprint density at radius 1 is 1.30 bits per heavy atom. The maximum absolute atomic E-state index is 11.9. The highest BCUT2D eigenvalue weighted by atomic mass is 16.5. The Balaban J connectivity index is 2.29. The fraction of sp³-hybridized carbons (Fsp3) is 0.562. The van der Waals surface area contributed by atoms with Crippen molar-refractivity contribution in [3.05, 3.63) is 23.8 Å². The molecule has 0 saturated heterocycles. The number of hydrogen-bond donors (Lipinski definition) is 1. The summed E-state index contributed by atoms with van der Waals surface area (Å²) in [5, 5.41) is 0. The Morgan fingerprint density at radius 3 is 2.55 bits per heavy atom. The summed E-state index contributed by atoms with van der Waals surface area (Å²) in [5.41, 5.74) is 8.09. The van der Waals surface area contributed by atoms with E-state index in [-0.39, 0.29) is 5.97 Å². The highest BCUT2D eigenvalue weighted by molar-refractivity contribution is 5.99. The number of esters is 1. The van der Waals surface area contributed by atoms with Crippen LogP contribution in [0.3, 0.4) is 0 Å². The smallest absolute Gasteiger partial charge is 0.340 e. The van der Waals surface area contributed by atoms with Crippen molar-refractivity contribution in [3.63, 3.8) is 0 Å². The summed E-state index contributed by atoms with van der Waals surface area (Å²) in [6.45, 7) is 2.30. The minimum atomic E-state index is -0.330. The van der Waals surface area contributed by atoms with Crippen molar-refractivity contribution in [3.8, 4) is 0 Å². The second-order valence-corrected chi connectivity index (χ2v) is 5.76. The second-order valence-electron chi connectivity index (χ2n) is 5.76. The van der Waals surface area contributed by atoms with Gasteiger partial charge in [-0.15, -0.1) is 0 Å². The molecule has 0 spiro atoms. The molecule has 0 unspecified atom stereocenters. The summed E-state index contributed by atoms with van der Waals surface area (Å²) in [6, 6.07) is 5.85. The number of rotatable bonds is 3. The van der Waals surface area contributed by atoms with E-state index in [1.54, 1.807) is 12.1 Å². The summed E-state index contributed by atoms with van der Waals surface area (Å²) in [7, 11) is 3.43. The lowest BCUT2D eigenvalue weighted by Crippen LogP contribution is -2.36. The minimum absolute atomic E-state index is 0.330. The van der Waals surface area contributed by atoms with E-state index in [9.17, 15) is 4.79 Å². The molecular formula is C16H24N2O2. The number of para-hydroxylation sites is 1. The van der Waals surface area contributed by atoms with Crippen molar-refractivity contribution < 1.29 is 9.53 Å². The quantitative estimate of drug-likeness (QED) is 0.681. The zero-order chi connectivity index (χ0) is 14.7. The Hall–Kier alpha value is -1.71. The lowest BCUT2D eigenvalue weighted by Gasteiger charge is -2.36. The van der Waals surface area contributed by atoms with Crippen molar-refractivity contribution in [2.75, 3.05) is 24.8 Å². The first-order chi connectivity index (χ1) is 9.54. The van der Waals surface area contributed by atoms with Gasteiger partial charge >= 0.3 is 5.97 Å². The molecule has 1 fully saturated rings. The number of hydrogen-bond acceptors (Lipinski definition) is 4. The number of ether oxygens (including phenoxy) is 1. The maximum atomic E-state index is 11.9. The van der Waals surface area contributed by atoms with Crippen molar-refractivity contribution in [1.82, 2.24) is 0 Å². The van der Waals surface area contributed by atoms with Gasteiger partial charge in [-0.25, -0.2) is 4.79 Å². The normalized spacial score (nSPS) is 22.4. The number of benzene rings is 1. The monoisotopic (exact) mass is 276 g/mol. The van der Waals surface area contributed by atoms with E-state index in [1.807, 2.05) is 13.1 Å². The van der Waals surface area contributed by atoms with Gasteiger partial charge in [0, 0.05) is 13.1 Å². The highest BCUT2D eigenvalue weighted by Crippen LogP contribution is 2.34. The van der Waals surface area contributed by atoms with E-state index < -0.39 is 0 Å². The number of anilines is 2. The predicted octanol–water partition coefficient (Wildman–Crippen LogP) is 3.07. The zero-order valence-corrected chi connectivity index (χ0v) is 12.6. The molecule has 0 atom stereocenters. The average Bonchev–Trinajstić information content (AvgIpc) is 2.46. The Morgan fingerprint density at radius 2 is 1.95 bits per heavy atom. The van der Waals surface area contributed by atoms with E-state index in [2.05, 4.69) is 11.8 Å². The molecule has 1 saturated carbocycles. The van der Waals surface area contributed by atoms with Gasteiger partial charge < -0.3 is 15.4 Å². The molecule has 0 bridgehead atoms. The second kappa shape index (κ2) is 6.16. The van der Waals surface area contributed by atoms with E-state index >= 15 is 0 Å². The summed E-state index contributed by atoms with van der Waals surface area (Å²) in [6.07, 6.45) is 4.75. The van der Waals surface area contributed by atoms with Crippen LogP contribution in [-0.4, -0.2) is 26.2 Å². The third kappa shape index (κ3) is 2.89. The fourth-order valence-electron chi connectivity index (χ4n) is 3.04. The van der Waals surface area contributed by atoms with Crippen molar-refractivity contribution in [1.29, 1.82) is 0 Å². The summed E-state index contributed by atoms with van der Waals surface area (Å²) < 4.78 is 4.87. The average molecular weight is 276 g/mol. The number of carbonyl (C=O) groups excluding carboxylic acids is 1. The standard InChI is InChI=1S/C16H24N2O2/c1-11-7-9-12(10-8-11)18(2)15-13(16(19)20-3)5-4-6-14(15)17/h4-6,11-12H,7-10,17H2,1-3H3. The van der Waals surface area contributed by atoms with E-state index in [1.165, 1.54) is 20.0 Å². The van der Waals surface area contributed by atoms with Crippen LogP contribution in [0.1, 0.15) is 43.0 Å². The largest absolute Gasteiger partial charge is 0.465 e. The van der Waals surface area contributed by atoms with Crippen molar-refractivity contribution >= 4 is 17.3 Å². The minimum Gasteiger partial charge on any atom is -0.465 e. The summed E-state index contributed by atoms with van der Waals surface area (Å²) in [5.74, 6) is 0.469. The molecule has 0 radical (unpaired) electrons. The van der Waals surface area contributed by atoms with Crippen LogP contribution in [0.25, 0.3) is 0 Å². The van der Waals surface area contributed by atoms with Gasteiger partial charge in [-0.3, -0.25) is 0 Å². The summed E-state index contributed by atoms with van der Waals surface area (Å²) >= 11 is 0. The van der Waals surface area contributed by atoms with Gasteiger partial charge in [0.25, 0.3) is 0 Å². The fourth-order valence-corrected chi connectivity index (χ4v) is 3.04. The number of nitrogens with zero attached hydrogens (tertiary/aromatic N) is 1. The van der Waals surface area contributed by atoms with Crippen LogP contribution in [0.15, 0.2) is 18.2 Å².